The SMILES string of the molecule is CC(C(=O)N1CCc2ccccc21)N1CCCC(C)(CO)C1. The topological polar surface area (TPSA) is 43.8 Å². The van der Waals surface area contributed by atoms with Crippen molar-refractivity contribution >= 4 is 11.6 Å². The van der Waals surface area contributed by atoms with Crippen molar-refractivity contribution < 1.29 is 9.90 Å². The lowest BCUT2D eigenvalue weighted by molar-refractivity contribution is -0.124. The normalized spacial score (nSPS) is 26.8. The highest BCUT2D eigenvalue weighted by Crippen LogP contribution is 2.32. The Morgan fingerprint density at radius 1 is 1.36 bits per heavy atom. The molecule has 22 heavy (non-hydrogen) atoms. The fraction of sp³-hybridized carbons (Fsp3) is 0.611. The van der Waals surface area contributed by atoms with Gasteiger partial charge in [0.1, 0.15) is 0 Å². The van der Waals surface area contributed by atoms with Crippen LogP contribution in [0, 0.1) is 5.41 Å². The van der Waals surface area contributed by atoms with Crippen molar-refractivity contribution in [2.45, 2.75) is 39.2 Å². The van der Waals surface area contributed by atoms with Crippen LogP contribution in [0.25, 0.3) is 0 Å². The molecule has 2 aliphatic heterocycles. The molecule has 1 saturated heterocycles. The molecule has 2 unspecified atom stereocenters. The summed E-state index contributed by atoms with van der Waals surface area (Å²) in [6, 6.07) is 8.06. The van der Waals surface area contributed by atoms with Gasteiger partial charge in [-0.15, -0.1) is 0 Å². The van der Waals surface area contributed by atoms with E-state index in [1.807, 2.05) is 30.0 Å². The lowest BCUT2D eigenvalue weighted by Crippen LogP contribution is -2.53. The average Bonchev–Trinajstić information content (AvgIpc) is 2.97. The van der Waals surface area contributed by atoms with Gasteiger partial charge < -0.3 is 10.0 Å². The third kappa shape index (κ3) is 2.77. The highest BCUT2D eigenvalue weighted by molar-refractivity contribution is 5.98. The van der Waals surface area contributed by atoms with E-state index in [0.717, 1.165) is 44.6 Å². The van der Waals surface area contributed by atoms with E-state index < -0.39 is 0 Å². The van der Waals surface area contributed by atoms with Crippen molar-refractivity contribution in [1.29, 1.82) is 0 Å². The Labute approximate surface area is 132 Å². The van der Waals surface area contributed by atoms with Gasteiger partial charge in [-0.25, -0.2) is 0 Å². The molecule has 0 aliphatic carbocycles. The number of likely N-dealkylation sites (tertiary alicyclic amines) is 1. The number of aliphatic hydroxyl groups excluding tert-OH is 1. The molecule has 3 rings (SSSR count). The Hall–Kier alpha value is -1.39. The number of amides is 1. The molecule has 0 bridgehead atoms. The van der Waals surface area contributed by atoms with E-state index in [-0.39, 0.29) is 24.0 Å². The van der Waals surface area contributed by atoms with Gasteiger partial charge in [0.15, 0.2) is 0 Å². The lowest BCUT2D eigenvalue weighted by Gasteiger charge is -2.42. The maximum atomic E-state index is 12.9. The fourth-order valence-electron chi connectivity index (χ4n) is 3.77. The Morgan fingerprint density at radius 3 is 2.91 bits per heavy atom. The molecule has 4 nitrogen and oxygen atoms in total. The van der Waals surface area contributed by atoms with Crippen molar-refractivity contribution in [1.82, 2.24) is 4.90 Å². The van der Waals surface area contributed by atoms with Crippen molar-refractivity contribution in [3.63, 3.8) is 0 Å². The van der Waals surface area contributed by atoms with Crippen LogP contribution < -0.4 is 4.90 Å². The summed E-state index contributed by atoms with van der Waals surface area (Å²) >= 11 is 0. The summed E-state index contributed by atoms with van der Waals surface area (Å²) < 4.78 is 0. The number of piperidine rings is 1. The molecule has 1 amide bonds. The van der Waals surface area contributed by atoms with Crippen molar-refractivity contribution in [2.75, 3.05) is 31.1 Å². The second-order valence-corrected chi connectivity index (χ2v) is 7.09. The van der Waals surface area contributed by atoms with Gasteiger partial charge in [-0.05, 0) is 44.4 Å². The predicted molar refractivity (Wildman–Crippen MR) is 88.0 cm³/mol. The number of aliphatic hydroxyl groups is 1. The number of rotatable bonds is 3. The summed E-state index contributed by atoms with van der Waals surface area (Å²) in [7, 11) is 0. The van der Waals surface area contributed by atoms with E-state index in [2.05, 4.69) is 17.9 Å². The van der Waals surface area contributed by atoms with Gasteiger partial charge in [-0.3, -0.25) is 9.69 Å². The number of hydrogen-bond donors (Lipinski definition) is 1. The van der Waals surface area contributed by atoms with E-state index >= 15 is 0 Å². The molecule has 1 aromatic carbocycles. The zero-order chi connectivity index (χ0) is 15.7. The zero-order valence-corrected chi connectivity index (χ0v) is 13.6. The van der Waals surface area contributed by atoms with E-state index in [9.17, 15) is 9.90 Å². The average molecular weight is 302 g/mol. The van der Waals surface area contributed by atoms with Crippen LogP contribution in [0.3, 0.4) is 0 Å². The van der Waals surface area contributed by atoms with Gasteiger partial charge in [0.2, 0.25) is 5.91 Å². The van der Waals surface area contributed by atoms with Crippen LogP contribution in [0.15, 0.2) is 24.3 Å². The number of hydrogen-bond acceptors (Lipinski definition) is 3. The van der Waals surface area contributed by atoms with Crippen molar-refractivity contribution in [3.8, 4) is 0 Å². The minimum absolute atomic E-state index is 0.0737. The van der Waals surface area contributed by atoms with Crippen LogP contribution in [-0.2, 0) is 11.2 Å². The predicted octanol–water partition coefficient (Wildman–Crippen LogP) is 2.06. The summed E-state index contributed by atoms with van der Waals surface area (Å²) in [5.74, 6) is 0.187. The summed E-state index contributed by atoms with van der Waals surface area (Å²) in [6.07, 6.45) is 3.03. The number of para-hydroxylation sites is 1. The molecule has 1 fully saturated rings. The van der Waals surface area contributed by atoms with Gasteiger partial charge in [0.05, 0.1) is 6.04 Å². The highest BCUT2D eigenvalue weighted by atomic mass is 16.3. The van der Waals surface area contributed by atoms with Crippen LogP contribution in [-0.4, -0.2) is 48.2 Å². The Bertz CT molecular complexity index is 560. The summed E-state index contributed by atoms with van der Waals surface area (Å²) in [6.45, 7) is 6.84. The number of carbonyl (C=O) groups is 1. The molecular formula is C18H26N2O2. The van der Waals surface area contributed by atoms with Crippen molar-refractivity contribution in [2.24, 2.45) is 5.41 Å². The standard InChI is InChI=1S/C18H26N2O2/c1-14(19-10-5-9-18(2,12-19)13-21)17(22)20-11-8-15-6-3-4-7-16(15)20/h3-4,6-7,14,21H,5,8-13H2,1-2H3. The molecule has 2 atom stereocenters. The highest BCUT2D eigenvalue weighted by Gasteiger charge is 2.36. The maximum absolute atomic E-state index is 12.9. The molecule has 0 spiro atoms. The third-order valence-corrected chi connectivity index (χ3v) is 5.25. The first-order valence-electron chi connectivity index (χ1n) is 8.28. The number of carbonyl (C=O) groups excluding carboxylic acids is 1. The number of nitrogens with zero attached hydrogens (tertiary/aromatic N) is 2. The van der Waals surface area contributed by atoms with Crippen LogP contribution in [0.5, 0.6) is 0 Å². The van der Waals surface area contributed by atoms with Crippen molar-refractivity contribution in [3.05, 3.63) is 29.8 Å². The fourth-order valence-corrected chi connectivity index (χ4v) is 3.77. The molecular weight excluding hydrogens is 276 g/mol. The Kier molecular flexibility index (Phi) is 4.24. The van der Waals surface area contributed by atoms with E-state index in [0.29, 0.717) is 0 Å². The monoisotopic (exact) mass is 302 g/mol. The largest absolute Gasteiger partial charge is 0.396 e. The molecule has 0 aromatic heterocycles. The minimum Gasteiger partial charge on any atom is -0.396 e. The Morgan fingerprint density at radius 2 is 2.14 bits per heavy atom. The number of anilines is 1. The number of fused-ring (bicyclic) bond motifs is 1. The molecule has 0 radical (unpaired) electrons. The molecule has 4 heteroatoms. The van der Waals surface area contributed by atoms with Crippen LogP contribution in [0.1, 0.15) is 32.3 Å². The summed E-state index contributed by atoms with van der Waals surface area (Å²) in [5, 5.41) is 9.61. The van der Waals surface area contributed by atoms with Gasteiger partial charge in [0.25, 0.3) is 0 Å². The second-order valence-electron chi connectivity index (χ2n) is 7.09. The van der Waals surface area contributed by atoms with Gasteiger partial charge in [0, 0.05) is 30.8 Å². The summed E-state index contributed by atoms with van der Waals surface area (Å²) in [5.41, 5.74) is 2.26. The molecule has 0 saturated carbocycles. The first-order valence-corrected chi connectivity index (χ1v) is 8.28. The molecule has 2 aliphatic rings. The van der Waals surface area contributed by atoms with Crippen LogP contribution in [0.4, 0.5) is 5.69 Å². The van der Waals surface area contributed by atoms with Gasteiger partial charge in [-0.2, -0.15) is 0 Å². The lowest BCUT2D eigenvalue weighted by atomic mass is 9.82. The van der Waals surface area contributed by atoms with Gasteiger partial charge >= 0.3 is 0 Å². The third-order valence-electron chi connectivity index (χ3n) is 5.25. The summed E-state index contributed by atoms with van der Waals surface area (Å²) in [4.78, 5) is 17.1. The Balaban J connectivity index is 1.73. The van der Waals surface area contributed by atoms with Gasteiger partial charge in [-0.1, -0.05) is 25.1 Å². The van der Waals surface area contributed by atoms with E-state index in [1.54, 1.807) is 0 Å². The van der Waals surface area contributed by atoms with E-state index in [4.69, 9.17) is 0 Å². The molecule has 120 valence electrons. The minimum atomic E-state index is -0.127. The quantitative estimate of drug-likeness (QED) is 0.929. The molecule has 1 N–H and O–H groups in total. The smallest absolute Gasteiger partial charge is 0.244 e. The molecule has 1 aromatic rings. The second kappa shape index (κ2) is 6.01. The van der Waals surface area contributed by atoms with E-state index in [1.165, 1.54) is 5.56 Å². The maximum Gasteiger partial charge on any atom is 0.244 e. The number of benzene rings is 1. The van der Waals surface area contributed by atoms with Crippen LogP contribution >= 0.6 is 0 Å². The zero-order valence-electron chi connectivity index (χ0n) is 13.6. The first-order chi connectivity index (χ1) is 10.5. The van der Waals surface area contributed by atoms with Crippen LogP contribution in [0.2, 0.25) is 0 Å². The first kappa shape index (κ1) is 15.5. The molecule has 2 heterocycles.